The Morgan fingerprint density at radius 2 is 0.687 bits per heavy atom. The molecule has 0 bridgehead atoms. The Morgan fingerprint density at radius 3 is 1.01 bits per heavy atom. The second-order valence-electron chi connectivity index (χ2n) is 21.0. The van der Waals surface area contributed by atoms with Gasteiger partial charge >= 0.3 is 5.97 Å². The third-order valence-corrected chi connectivity index (χ3v) is 14.3. The van der Waals surface area contributed by atoms with Crippen LogP contribution in [-0.2, 0) is 14.3 Å². The van der Waals surface area contributed by atoms with Crippen LogP contribution in [0.1, 0.15) is 341 Å². The Kier molecular flexibility index (Phi) is 56.0. The molecule has 0 aromatic heterocycles. The highest BCUT2D eigenvalue weighted by molar-refractivity contribution is 5.76. The van der Waals surface area contributed by atoms with E-state index >= 15 is 0 Å². The summed E-state index contributed by atoms with van der Waals surface area (Å²) in [5, 5.41) is 23.2. The van der Waals surface area contributed by atoms with Crippen molar-refractivity contribution >= 4 is 11.9 Å². The number of aliphatic hydroxyl groups excluding tert-OH is 2. The number of unbranched alkanes of at least 4 members (excludes halogenated alkanes) is 46. The van der Waals surface area contributed by atoms with Gasteiger partial charge in [0.05, 0.1) is 25.4 Å². The molecule has 0 aromatic carbocycles. The van der Waals surface area contributed by atoms with Crippen molar-refractivity contribution in [3.8, 4) is 0 Å². The summed E-state index contributed by atoms with van der Waals surface area (Å²) in [6.45, 7) is 4.90. The fourth-order valence-electron chi connectivity index (χ4n) is 9.64. The van der Waals surface area contributed by atoms with Gasteiger partial charge in [0.2, 0.25) is 5.91 Å². The Morgan fingerprint density at radius 1 is 0.403 bits per heavy atom. The molecule has 67 heavy (non-hydrogen) atoms. The molecule has 6 heteroatoms. The summed E-state index contributed by atoms with van der Waals surface area (Å²) in [7, 11) is 0. The lowest BCUT2D eigenvalue weighted by Crippen LogP contribution is -2.45. The smallest absolute Gasteiger partial charge is 0.305 e. The molecule has 0 saturated carbocycles. The number of carbonyl (C=O) groups is 2. The van der Waals surface area contributed by atoms with Gasteiger partial charge in [-0.1, -0.05) is 309 Å². The summed E-state index contributed by atoms with van der Waals surface area (Å²) in [5.74, 6) is -0.0873. The van der Waals surface area contributed by atoms with Crippen molar-refractivity contribution in [1.82, 2.24) is 5.32 Å². The van der Waals surface area contributed by atoms with Crippen LogP contribution in [0, 0.1) is 0 Å². The largest absolute Gasteiger partial charge is 0.466 e. The van der Waals surface area contributed by atoms with Crippen LogP contribution in [0.25, 0.3) is 0 Å². The molecule has 1 amide bonds. The van der Waals surface area contributed by atoms with Gasteiger partial charge in [-0.05, 0) is 32.1 Å². The lowest BCUT2D eigenvalue weighted by molar-refractivity contribution is -0.143. The topological polar surface area (TPSA) is 95.9 Å². The minimum atomic E-state index is -0.855. The molecule has 0 aliphatic heterocycles. The predicted octanol–water partition coefficient (Wildman–Crippen LogP) is 18.9. The zero-order valence-corrected chi connectivity index (χ0v) is 45.4. The molecule has 0 saturated heterocycles. The molecule has 0 rings (SSSR count). The fourth-order valence-corrected chi connectivity index (χ4v) is 9.64. The molecule has 3 N–H and O–H groups in total. The number of esters is 1. The van der Waals surface area contributed by atoms with Crippen molar-refractivity contribution in [3.63, 3.8) is 0 Å². The van der Waals surface area contributed by atoms with Gasteiger partial charge in [0.15, 0.2) is 0 Å². The average molecular weight is 947 g/mol. The Hall–Kier alpha value is -1.40. The maximum Gasteiger partial charge on any atom is 0.305 e. The monoisotopic (exact) mass is 946 g/mol. The molecule has 0 heterocycles. The molecule has 0 spiro atoms. The molecule has 0 aromatic rings. The number of hydrogen-bond acceptors (Lipinski definition) is 5. The predicted molar refractivity (Wildman–Crippen MR) is 292 cm³/mol. The molecule has 2 unspecified atom stereocenters. The molecule has 6 nitrogen and oxygen atoms in total. The van der Waals surface area contributed by atoms with E-state index in [2.05, 4.69) is 19.2 Å². The number of amides is 1. The van der Waals surface area contributed by atoms with Crippen molar-refractivity contribution < 1.29 is 24.5 Å². The fraction of sp³-hybridized carbons (Fsp3) is 0.934. The van der Waals surface area contributed by atoms with Gasteiger partial charge in [-0.25, -0.2) is 0 Å². The number of rotatable bonds is 57. The highest BCUT2D eigenvalue weighted by Crippen LogP contribution is 2.18. The standard InChI is InChI=1S/C61H119NO5/c1-3-5-7-9-11-13-15-17-18-19-20-21-22-23-24-25-26-27-28-30-33-37-41-45-49-53-59(64)58(57-63)62-60(65)54-50-46-42-38-34-31-32-36-40-44-48-52-56-67-61(66)55-51-47-43-39-35-29-16-14-12-10-8-6-4-2/h49,53,58-59,63-64H,3-48,50-52,54-57H2,1-2H3,(H,62,65)/b53-49+. The van der Waals surface area contributed by atoms with E-state index < -0.39 is 12.1 Å². The third kappa shape index (κ3) is 53.8. The molecule has 2 atom stereocenters. The van der Waals surface area contributed by atoms with E-state index in [4.69, 9.17) is 4.74 Å². The van der Waals surface area contributed by atoms with Crippen LogP contribution in [-0.4, -0.2) is 47.4 Å². The summed E-state index contributed by atoms with van der Waals surface area (Å²) in [6.07, 6.45) is 68.1. The zero-order valence-electron chi connectivity index (χ0n) is 45.4. The van der Waals surface area contributed by atoms with Gasteiger partial charge in [-0.3, -0.25) is 9.59 Å². The lowest BCUT2D eigenvalue weighted by Gasteiger charge is -2.20. The van der Waals surface area contributed by atoms with Crippen molar-refractivity contribution in [2.24, 2.45) is 0 Å². The minimum absolute atomic E-state index is 0.00812. The molecule has 0 aliphatic rings. The maximum atomic E-state index is 12.5. The van der Waals surface area contributed by atoms with Gasteiger partial charge in [0.1, 0.15) is 0 Å². The van der Waals surface area contributed by atoms with E-state index in [0.29, 0.717) is 19.4 Å². The molecule has 0 radical (unpaired) electrons. The van der Waals surface area contributed by atoms with Crippen LogP contribution in [0.15, 0.2) is 12.2 Å². The first-order valence-corrected chi connectivity index (χ1v) is 30.5. The number of carbonyl (C=O) groups excluding carboxylic acids is 2. The number of ether oxygens (including phenoxy) is 1. The Balaban J connectivity index is 3.47. The summed E-state index contributed by atoms with van der Waals surface area (Å²) in [5.41, 5.74) is 0. The summed E-state index contributed by atoms with van der Waals surface area (Å²) >= 11 is 0. The van der Waals surface area contributed by atoms with Crippen LogP contribution in [0.4, 0.5) is 0 Å². The van der Waals surface area contributed by atoms with Crippen LogP contribution >= 0.6 is 0 Å². The first kappa shape index (κ1) is 65.6. The van der Waals surface area contributed by atoms with Crippen molar-refractivity contribution in [2.45, 2.75) is 353 Å². The van der Waals surface area contributed by atoms with Crippen LogP contribution in [0.3, 0.4) is 0 Å². The van der Waals surface area contributed by atoms with Crippen LogP contribution in [0.5, 0.6) is 0 Å². The molecule has 0 aliphatic carbocycles. The number of hydrogen-bond donors (Lipinski definition) is 3. The van der Waals surface area contributed by atoms with E-state index in [9.17, 15) is 19.8 Å². The highest BCUT2D eigenvalue weighted by atomic mass is 16.5. The quantitative estimate of drug-likeness (QED) is 0.0321. The second kappa shape index (κ2) is 57.2. The van der Waals surface area contributed by atoms with E-state index in [0.717, 1.165) is 57.8 Å². The van der Waals surface area contributed by atoms with Crippen molar-refractivity contribution in [3.05, 3.63) is 12.2 Å². The van der Waals surface area contributed by atoms with E-state index in [1.807, 2.05) is 6.08 Å². The second-order valence-corrected chi connectivity index (χ2v) is 21.0. The zero-order chi connectivity index (χ0) is 48.6. The van der Waals surface area contributed by atoms with Crippen molar-refractivity contribution in [1.29, 1.82) is 0 Å². The maximum absolute atomic E-state index is 12.5. The first-order chi connectivity index (χ1) is 33.0. The summed E-state index contributed by atoms with van der Waals surface area (Å²) in [6, 6.07) is -0.640. The van der Waals surface area contributed by atoms with Gasteiger partial charge in [0.25, 0.3) is 0 Å². The molecule has 0 fully saturated rings. The van der Waals surface area contributed by atoms with E-state index in [1.165, 1.54) is 257 Å². The van der Waals surface area contributed by atoms with Crippen LogP contribution < -0.4 is 5.32 Å². The number of aliphatic hydroxyl groups is 2. The van der Waals surface area contributed by atoms with E-state index in [-0.39, 0.29) is 18.5 Å². The Labute approximate surface area is 419 Å². The third-order valence-electron chi connectivity index (χ3n) is 14.3. The summed E-state index contributed by atoms with van der Waals surface area (Å²) < 4.78 is 5.47. The van der Waals surface area contributed by atoms with E-state index in [1.54, 1.807) is 6.08 Å². The van der Waals surface area contributed by atoms with Crippen molar-refractivity contribution in [2.75, 3.05) is 13.2 Å². The Bertz CT molecular complexity index is 1000. The SMILES string of the molecule is CCCCCCCCCCCCCCCCCCCCCCCCC/C=C/C(O)C(CO)NC(=O)CCCCCCCCCCCCCCOC(=O)CCCCCCCCCCCCCCC. The molecular weight excluding hydrogens is 827 g/mol. The van der Waals surface area contributed by atoms with Gasteiger partial charge in [0, 0.05) is 12.8 Å². The molecular formula is C61H119NO5. The van der Waals surface area contributed by atoms with Gasteiger partial charge in [-0.15, -0.1) is 0 Å². The average Bonchev–Trinajstić information content (AvgIpc) is 3.33. The lowest BCUT2D eigenvalue weighted by atomic mass is 10.0. The number of nitrogens with one attached hydrogen (secondary N) is 1. The van der Waals surface area contributed by atoms with Gasteiger partial charge in [-0.2, -0.15) is 0 Å². The minimum Gasteiger partial charge on any atom is -0.466 e. The number of allylic oxidation sites excluding steroid dienone is 1. The normalized spacial score (nSPS) is 12.6. The van der Waals surface area contributed by atoms with Gasteiger partial charge < -0.3 is 20.3 Å². The first-order valence-electron chi connectivity index (χ1n) is 30.5. The van der Waals surface area contributed by atoms with Crippen LogP contribution in [0.2, 0.25) is 0 Å². The highest BCUT2D eigenvalue weighted by Gasteiger charge is 2.18. The summed E-state index contributed by atoms with van der Waals surface area (Å²) in [4.78, 5) is 24.5. The molecule has 398 valence electrons.